The topological polar surface area (TPSA) is 12.0 Å². The van der Waals surface area contributed by atoms with Gasteiger partial charge in [-0.3, -0.25) is 0 Å². The molecule has 3 atom stereocenters. The van der Waals surface area contributed by atoms with Crippen LogP contribution in [0.1, 0.15) is 51.3 Å². The summed E-state index contributed by atoms with van der Waals surface area (Å²) in [5.74, 6) is 0.728. The molecule has 1 aromatic carbocycles. The Hall–Kier alpha value is -0.820. The molecule has 1 N–H and O–H groups in total. The van der Waals surface area contributed by atoms with E-state index < -0.39 is 0 Å². The molecule has 1 aromatic rings. The molecular formula is C15H25N. The lowest BCUT2D eigenvalue weighted by atomic mass is 9.97. The van der Waals surface area contributed by atoms with E-state index in [1.807, 2.05) is 0 Å². The summed E-state index contributed by atoms with van der Waals surface area (Å²) in [6.45, 7) is 11.3. The Bertz CT molecular complexity index is 319. The van der Waals surface area contributed by atoms with Gasteiger partial charge in [0, 0.05) is 12.1 Å². The van der Waals surface area contributed by atoms with Crippen LogP contribution in [0.4, 0.5) is 0 Å². The first-order valence-corrected chi connectivity index (χ1v) is 6.37. The van der Waals surface area contributed by atoms with Crippen molar-refractivity contribution in [1.29, 1.82) is 0 Å². The Morgan fingerprint density at radius 1 is 1.12 bits per heavy atom. The minimum atomic E-state index is 0.435. The molecular weight excluding hydrogens is 194 g/mol. The van der Waals surface area contributed by atoms with Crippen LogP contribution in [-0.4, -0.2) is 6.04 Å². The maximum absolute atomic E-state index is 3.69. The first kappa shape index (κ1) is 13.2. The third-order valence-corrected chi connectivity index (χ3v) is 3.67. The van der Waals surface area contributed by atoms with E-state index in [1.54, 1.807) is 0 Å². The van der Waals surface area contributed by atoms with Crippen molar-refractivity contribution in [2.24, 2.45) is 5.92 Å². The maximum Gasteiger partial charge on any atom is 0.0296 e. The second-order valence-corrected chi connectivity index (χ2v) is 4.92. The second kappa shape index (κ2) is 6.05. The van der Waals surface area contributed by atoms with Gasteiger partial charge < -0.3 is 5.32 Å². The highest BCUT2D eigenvalue weighted by Gasteiger charge is 2.14. The molecule has 0 fully saturated rings. The van der Waals surface area contributed by atoms with Crippen LogP contribution in [0.15, 0.2) is 24.3 Å². The average molecular weight is 219 g/mol. The van der Waals surface area contributed by atoms with Gasteiger partial charge in [0.15, 0.2) is 0 Å². The zero-order valence-corrected chi connectivity index (χ0v) is 11.2. The molecule has 2 unspecified atom stereocenters. The van der Waals surface area contributed by atoms with Gasteiger partial charge >= 0.3 is 0 Å². The van der Waals surface area contributed by atoms with E-state index in [0.717, 1.165) is 5.92 Å². The zero-order chi connectivity index (χ0) is 12.1. The fourth-order valence-electron chi connectivity index (χ4n) is 2.07. The maximum atomic E-state index is 3.69. The number of rotatable bonds is 5. The largest absolute Gasteiger partial charge is 0.307 e. The molecule has 0 aliphatic rings. The average Bonchev–Trinajstić information content (AvgIpc) is 2.28. The van der Waals surface area contributed by atoms with E-state index in [1.165, 1.54) is 17.5 Å². The predicted octanol–water partition coefficient (Wildman–Crippen LogP) is 4.08. The highest BCUT2D eigenvalue weighted by atomic mass is 14.9. The van der Waals surface area contributed by atoms with Crippen LogP contribution in [0.25, 0.3) is 0 Å². The van der Waals surface area contributed by atoms with Crippen LogP contribution in [0, 0.1) is 12.8 Å². The lowest BCUT2D eigenvalue weighted by molar-refractivity contribution is 0.360. The Kier molecular flexibility index (Phi) is 5.01. The van der Waals surface area contributed by atoms with Crippen molar-refractivity contribution >= 4 is 0 Å². The van der Waals surface area contributed by atoms with Gasteiger partial charge in [-0.2, -0.15) is 0 Å². The van der Waals surface area contributed by atoms with E-state index in [9.17, 15) is 0 Å². The molecule has 0 spiro atoms. The summed E-state index contributed by atoms with van der Waals surface area (Å²) in [6, 6.07) is 9.63. The SMILES string of the molecule is CCC(C)C(C)N[C@H](C)c1ccccc1C. The van der Waals surface area contributed by atoms with Crippen molar-refractivity contribution in [3.63, 3.8) is 0 Å². The highest BCUT2D eigenvalue weighted by Crippen LogP contribution is 2.19. The molecule has 0 radical (unpaired) electrons. The fourth-order valence-corrected chi connectivity index (χ4v) is 2.07. The van der Waals surface area contributed by atoms with Gasteiger partial charge in [-0.15, -0.1) is 0 Å². The van der Waals surface area contributed by atoms with Crippen LogP contribution in [0.2, 0.25) is 0 Å². The van der Waals surface area contributed by atoms with Crippen molar-refractivity contribution in [3.8, 4) is 0 Å². The number of aryl methyl sites for hydroxylation is 1. The highest BCUT2D eigenvalue weighted by molar-refractivity contribution is 5.28. The molecule has 1 heteroatoms. The Balaban J connectivity index is 2.65. The minimum Gasteiger partial charge on any atom is -0.307 e. The summed E-state index contributed by atoms with van der Waals surface area (Å²) >= 11 is 0. The van der Waals surface area contributed by atoms with Crippen molar-refractivity contribution in [2.45, 2.75) is 53.1 Å². The summed E-state index contributed by atoms with van der Waals surface area (Å²) in [5, 5.41) is 3.69. The summed E-state index contributed by atoms with van der Waals surface area (Å²) < 4.78 is 0. The normalized spacial score (nSPS) is 16.8. The number of nitrogens with one attached hydrogen (secondary N) is 1. The molecule has 1 rings (SSSR count). The minimum absolute atomic E-state index is 0.435. The second-order valence-electron chi connectivity index (χ2n) is 4.92. The van der Waals surface area contributed by atoms with E-state index in [2.05, 4.69) is 64.2 Å². The van der Waals surface area contributed by atoms with Crippen molar-refractivity contribution in [2.75, 3.05) is 0 Å². The molecule has 0 aliphatic heterocycles. The molecule has 0 heterocycles. The van der Waals surface area contributed by atoms with Crippen LogP contribution in [0.3, 0.4) is 0 Å². The summed E-state index contributed by atoms with van der Waals surface area (Å²) in [6.07, 6.45) is 1.23. The van der Waals surface area contributed by atoms with Crippen LogP contribution in [-0.2, 0) is 0 Å². The summed E-state index contributed by atoms with van der Waals surface area (Å²) in [4.78, 5) is 0. The van der Waals surface area contributed by atoms with Crippen molar-refractivity contribution < 1.29 is 0 Å². The predicted molar refractivity (Wildman–Crippen MR) is 71.6 cm³/mol. The molecule has 0 saturated heterocycles. The first-order chi connectivity index (χ1) is 7.56. The van der Waals surface area contributed by atoms with Crippen molar-refractivity contribution in [1.82, 2.24) is 5.32 Å². The Morgan fingerprint density at radius 3 is 2.31 bits per heavy atom. The standard InChI is InChI=1S/C15H25N/c1-6-11(2)13(4)16-14(5)15-10-8-7-9-12(15)3/h7-11,13-14,16H,6H2,1-5H3/t11?,13?,14-/m1/s1. The molecule has 0 saturated carbocycles. The molecule has 0 amide bonds. The first-order valence-electron chi connectivity index (χ1n) is 6.37. The molecule has 0 bridgehead atoms. The van der Waals surface area contributed by atoms with E-state index in [-0.39, 0.29) is 0 Å². The quantitative estimate of drug-likeness (QED) is 0.787. The lowest BCUT2D eigenvalue weighted by Gasteiger charge is -2.25. The van der Waals surface area contributed by atoms with Gasteiger partial charge in [0.2, 0.25) is 0 Å². The van der Waals surface area contributed by atoms with Gasteiger partial charge in [0.25, 0.3) is 0 Å². The third-order valence-electron chi connectivity index (χ3n) is 3.67. The van der Waals surface area contributed by atoms with Crippen LogP contribution < -0.4 is 5.32 Å². The summed E-state index contributed by atoms with van der Waals surface area (Å²) in [7, 11) is 0. The summed E-state index contributed by atoms with van der Waals surface area (Å²) in [5.41, 5.74) is 2.79. The molecule has 1 nitrogen and oxygen atoms in total. The van der Waals surface area contributed by atoms with Gasteiger partial charge in [-0.1, -0.05) is 44.5 Å². The van der Waals surface area contributed by atoms with Gasteiger partial charge in [0.1, 0.15) is 0 Å². The van der Waals surface area contributed by atoms with Gasteiger partial charge in [0.05, 0.1) is 0 Å². The van der Waals surface area contributed by atoms with Crippen LogP contribution in [0.5, 0.6) is 0 Å². The van der Waals surface area contributed by atoms with E-state index in [4.69, 9.17) is 0 Å². The number of benzene rings is 1. The monoisotopic (exact) mass is 219 g/mol. The van der Waals surface area contributed by atoms with E-state index in [0.29, 0.717) is 12.1 Å². The molecule has 16 heavy (non-hydrogen) atoms. The Morgan fingerprint density at radius 2 is 1.75 bits per heavy atom. The van der Waals surface area contributed by atoms with Crippen LogP contribution >= 0.6 is 0 Å². The van der Waals surface area contributed by atoms with Gasteiger partial charge in [-0.25, -0.2) is 0 Å². The molecule has 0 aromatic heterocycles. The zero-order valence-electron chi connectivity index (χ0n) is 11.2. The van der Waals surface area contributed by atoms with Gasteiger partial charge in [-0.05, 0) is 37.8 Å². The third kappa shape index (κ3) is 3.34. The molecule has 0 aliphatic carbocycles. The Labute approximate surface area is 100 Å². The number of hydrogen-bond acceptors (Lipinski definition) is 1. The fraction of sp³-hybridized carbons (Fsp3) is 0.600. The van der Waals surface area contributed by atoms with Crippen molar-refractivity contribution in [3.05, 3.63) is 35.4 Å². The smallest absolute Gasteiger partial charge is 0.0296 e. The molecule has 90 valence electrons. The van der Waals surface area contributed by atoms with E-state index >= 15 is 0 Å². The lowest BCUT2D eigenvalue weighted by Crippen LogP contribution is -2.34. The number of hydrogen-bond donors (Lipinski definition) is 1.